The van der Waals surface area contributed by atoms with Gasteiger partial charge in [-0.15, -0.1) is 11.3 Å². The smallest absolute Gasteiger partial charge is 0.225 e. The van der Waals surface area contributed by atoms with Gasteiger partial charge in [-0.3, -0.25) is 0 Å². The number of anilines is 1. The summed E-state index contributed by atoms with van der Waals surface area (Å²) >= 11 is 1.37. The molecule has 3 aromatic rings. The fraction of sp³-hybridized carbons (Fsp3) is 0.300. The number of nitrogens with two attached hydrogens (primary N) is 1. The first-order valence-corrected chi connectivity index (χ1v) is 9.97. The van der Waals surface area contributed by atoms with E-state index in [1.807, 2.05) is 18.2 Å². The average molecular weight is 396 g/mol. The third kappa shape index (κ3) is 3.35. The van der Waals surface area contributed by atoms with Crippen LogP contribution in [0.25, 0.3) is 26.5 Å². The molecule has 4 heterocycles. The minimum Gasteiger partial charge on any atom is -0.402 e. The van der Waals surface area contributed by atoms with Gasteiger partial charge in [0.05, 0.1) is 16.0 Å². The predicted octanol–water partition coefficient (Wildman–Crippen LogP) is 4.22. The van der Waals surface area contributed by atoms with E-state index in [2.05, 4.69) is 19.9 Å². The Morgan fingerprint density at radius 1 is 1.11 bits per heavy atom. The number of fused-ring (bicyclic) bond motifs is 1. The number of hydrogen-bond donors (Lipinski definition) is 2. The SMILES string of the molecule is CC(=N)/C(=C(/C)N)c1ccc2sc(-c3ccc(N4CCCC4)nc3F)nc2n1. The van der Waals surface area contributed by atoms with Gasteiger partial charge in [0, 0.05) is 30.1 Å². The van der Waals surface area contributed by atoms with Gasteiger partial charge >= 0.3 is 0 Å². The molecular weight excluding hydrogens is 375 g/mol. The molecule has 0 aliphatic carbocycles. The van der Waals surface area contributed by atoms with Gasteiger partial charge in [0.15, 0.2) is 5.65 Å². The van der Waals surface area contributed by atoms with E-state index in [1.54, 1.807) is 19.9 Å². The van der Waals surface area contributed by atoms with Gasteiger partial charge in [0.25, 0.3) is 0 Å². The average Bonchev–Trinajstić information content (AvgIpc) is 3.30. The van der Waals surface area contributed by atoms with Crippen molar-refractivity contribution in [3.05, 3.63) is 41.6 Å². The molecule has 144 valence electrons. The van der Waals surface area contributed by atoms with Crippen LogP contribution in [0.15, 0.2) is 30.0 Å². The van der Waals surface area contributed by atoms with Crippen molar-refractivity contribution >= 4 is 38.8 Å². The van der Waals surface area contributed by atoms with Crippen molar-refractivity contribution in [3.8, 4) is 10.6 Å². The zero-order valence-electron chi connectivity index (χ0n) is 15.8. The predicted molar refractivity (Wildman–Crippen MR) is 112 cm³/mol. The standard InChI is InChI=1S/C20H21FN6S/c1-11(22)17(12(2)23)14-6-7-15-19(24-14)26-20(28-15)13-5-8-16(25-18(13)21)27-9-3-4-10-27/h5-8,22H,3-4,9-10,23H2,1-2H3/b17-12+,22-11?. The van der Waals surface area contributed by atoms with Crippen molar-refractivity contribution in [3.63, 3.8) is 0 Å². The van der Waals surface area contributed by atoms with Crippen LogP contribution in [-0.4, -0.2) is 33.8 Å². The van der Waals surface area contributed by atoms with E-state index in [0.29, 0.717) is 44.7 Å². The molecule has 1 saturated heterocycles. The Bertz CT molecular complexity index is 1090. The van der Waals surface area contributed by atoms with Gasteiger partial charge in [0.1, 0.15) is 10.8 Å². The molecule has 4 rings (SSSR count). The maximum Gasteiger partial charge on any atom is 0.225 e. The van der Waals surface area contributed by atoms with Gasteiger partial charge in [-0.25, -0.2) is 15.0 Å². The Morgan fingerprint density at radius 2 is 1.86 bits per heavy atom. The third-order valence-corrected chi connectivity index (χ3v) is 5.82. The molecule has 0 bridgehead atoms. The summed E-state index contributed by atoms with van der Waals surface area (Å²) in [6, 6.07) is 7.30. The normalized spacial score (nSPS) is 15.2. The maximum absolute atomic E-state index is 14.7. The summed E-state index contributed by atoms with van der Waals surface area (Å²) in [6.45, 7) is 5.26. The molecule has 0 unspecified atom stereocenters. The summed E-state index contributed by atoms with van der Waals surface area (Å²) in [6.07, 6.45) is 2.23. The van der Waals surface area contributed by atoms with Gasteiger partial charge in [0.2, 0.25) is 5.95 Å². The summed E-state index contributed by atoms with van der Waals surface area (Å²) in [5, 5.41) is 8.47. The Kier molecular flexibility index (Phi) is 4.80. The lowest BCUT2D eigenvalue weighted by Crippen LogP contribution is -2.19. The first-order chi connectivity index (χ1) is 13.4. The van der Waals surface area contributed by atoms with Crippen LogP contribution in [0.2, 0.25) is 0 Å². The highest BCUT2D eigenvalue weighted by molar-refractivity contribution is 7.21. The monoisotopic (exact) mass is 396 g/mol. The van der Waals surface area contributed by atoms with E-state index in [0.717, 1.165) is 30.6 Å². The van der Waals surface area contributed by atoms with Crippen LogP contribution >= 0.6 is 11.3 Å². The fourth-order valence-corrected chi connectivity index (χ4v) is 4.39. The van der Waals surface area contributed by atoms with Crippen molar-refractivity contribution in [2.75, 3.05) is 18.0 Å². The summed E-state index contributed by atoms with van der Waals surface area (Å²) in [5.41, 5.74) is 8.87. The summed E-state index contributed by atoms with van der Waals surface area (Å²) in [7, 11) is 0. The van der Waals surface area contributed by atoms with E-state index in [4.69, 9.17) is 11.1 Å². The molecule has 0 amide bonds. The Labute approximate surface area is 166 Å². The van der Waals surface area contributed by atoms with E-state index in [9.17, 15) is 4.39 Å². The zero-order chi connectivity index (χ0) is 19.8. The number of nitrogens with one attached hydrogen (secondary N) is 1. The van der Waals surface area contributed by atoms with Gasteiger partial charge in [-0.05, 0) is 51.0 Å². The van der Waals surface area contributed by atoms with Crippen LogP contribution in [0.1, 0.15) is 32.4 Å². The molecule has 3 N–H and O–H groups in total. The first kappa shape index (κ1) is 18.5. The molecule has 1 aliphatic heterocycles. The number of rotatable bonds is 4. The molecule has 0 aromatic carbocycles. The number of allylic oxidation sites excluding steroid dienone is 2. The number of hydrogen-bond acceptors (Lipinski definition) is 7. The minimum absolute atomic E-state index is 0.343. The number of pyridine rings is 2. The molecule has 3 aromatic heterocycles. The topological polar surface area (TPSA) is 91.8 Å². The van der Waals surface area contributed by atoms with E-state index >= 15 is 0 Å². The third-order valence-electron chi connectivity index (χ3n) is 4.77. The molecule has 1 aliphatic rings. The highest BCUT2D eigenvalue weighted by Crippen LogP contribution is 2.32. The molecule has 8 heteroatoms. The van der Waals surface area contributed by atoms with Crippen molar-refractivity contribution in [1.82, 2.24) is 15.0 Å². The van der Waals surface area contributed by atoms with E-state index < -0.39 is 5.95 Å². The Balaban J connectivity index is 1.72. The van der Waals surface area contributed by atoms with Crippen LogP contribution in [0, 0.1) is 11.4 Å². The second-order valence-electron chi connectivity index (χ2n) is 6.92. The lowest BCUT2D eigenvalue weighted by atomic mass is 10.1. The summed E-state index contributed by atoms with van der Waals surface area (Å²) < 4.78 is 15.5. The summed E-state index contributed by atoms with van der Waals surface area (Å²) in [4.78, 5) is 15.3. The van der Waals surface area contributed by atoms with Crippen molar-refractivity contribution in [2.45, 2.75) is 26.7 Å². The largest absolute Gasteiger partial charge is 0.402 e. The highest BCUT2D eigenvalue weighted by Gasteiger charge is 2.18. The summed E-state index contributed by atoms with van der Waals surface area (Å²) in [5.74, 6) is 0.160. The van der Waals surface area contributed by atoms with Gasteiger partial charge in [-0.2, -0.15) is 4.39 Å². The molecule has 1 fully saturated rings. The fourth-order valence-electron chi connectivity index (χ4n) is 3.47. The highest BCUT2D eigenvalue weighted by atomic mass is 32.1. The number of thiazole rings is 1. The molecule has 6 nitrogen and oxygen atoms in total. The van der Waals surface area contributed by atoms with Crippen molar-refractivity contribution in [1.29, 1.82) is 5.41 Å². The maximum atomic E-state index is 14.7. The molecule has 28 heavy (non-hydrogen) atoms. The first-order valence-electron chi connectivity index (χ1n) is 9.15. The Hall–Kier alpha value is -2.87. The van der Waals surface area contributed by atoms with Crippen LogP contribution < -0.4 is 10.6 Å². The molecule has 0 atom stereocenters. The van der Waals surface area contributed by atoms with Gasteiger partial charge < -0.3 is 16.0 Å². The van der Waals surface area contributed by atoms with Crippen molar-refractivity contribution < 1.29 is 4.39 Å². The zero-order valence-corrected chi connectivity index (χ0v) is 16.6. The molecule has 0 radical (unpaired) electrons. The number of nitrogens with zero attached hydrogens (tertiary/aromatic N) is 4. The lowest BCUT2D eigenvalue weighted by molar-refractivity contribution is 0.586. The van der Waals surface area contributed by atoms with Crippen LogP contribution in [0.3, 0.4) is 0 Å². The van der Waals surface area contributed by atoms with Crippen LogP contribution in [0.4, 0.5) is 10.2 Å². The van der Waals surface area contributed by atoms with Crippen molar-refractivity contribution in [2.24, 2.45) is 5.73 Å². The van der Waals surface area contributed by atoms with E-state index in [1.165, 1.54) is 11.3 Å². The number of aromatic nitrogens is 3. The second kappa shape index (κ2) is 7.27. The van der Waals surface area contributed by atoms with E-state index in [-0.39, 0.29) is 0 Å². The van der Waals surface area contributed by atoms with Gasteiger partial charge in [-0.1, -0.05) is 0 Å². The molecule has 0 saturated carbocycles. The quantitative estimate of drug-likeness (QED) is 0.509. The Morgan fingerprint density at radius 3 is 2.50 bits per heavy atom. The van der Waals surface area contributed by atoms with Crippen LogP contribution in [0.5, 0.6) is 0 Å². The second-order valence-corrected chi connectivity index (χ2v) is 7.95. The van der Waals surface area contributed by atoms with Crippen LogP contribution in [-0.2, 0) is 0 Å². The molecular formula is C20H21FN6S. The molecule has 0 spiro atoms. The number of halogens is 1. The lowest BCUT2D eigenvalue weighted by Gasteiger charge is -2.16. The minimum atomic E-state index is -0.516.